The van der Waals surface area contributed by atoms with Gasteiger partial charge in [-0.1, -0.05) is 18.6 Å². The standard InChI is InChI=1S/C13H22F2O/c1-4-11(12(14)15)8-13(9-16-3)6-5-10(2)7-13/h7,11-12H,4-6,8-9H2,1-3H3/t11-,13-/m1/s1. The average Bonchev–Trinajstić information content (AvgIpc) is 2.57. The van der Waals surface area contributed by atoms with Crippen LogP contribution in [0.2, 0.25) is 0 Å². The number of alkyl halides is 2. The summed E-state index contributed by atoms with van der Waals surface area (Å²) in [6.45, 7) is 4.47. The molecule has 0 heterocycles. The quantitative estimate of drug-likeness (QED) is 0.628. The van der Waals surface area contributed by atoms with Crippen molar-refractivity contribution in [1.82, 2.24) is 0 Å². The average molecular weight is 232 g/mol. The molecule has 1 aliphatic carbocycles. The molecule has 0 aromatic heterocycles. The highest BCUT2D eigenvalue weighted by Gasteiger charge is 2.36. The Kier molecular flexibility index (Phi) is 4.90. The number of allylic oxidation sites excluding steroid dienone is 1. The zero-order valence-corrected chi connectivity index (χ0v) is 10.4. The second kappa shape index (κ2) is 5.76. The molecule has 0 saturated heterocycles. The lowest BCUT2D eigenvalue weighted by Crippen LogP contribution is -2.27. The number of rotatable bonds is 6. The summed E-state index contributed by atoms with van der Waals surface area (Å²) in [7, 11) is 1.65. The molecule has 3 heteroatoms. The third kappa shape index (κ3) is 3.27. The molecule has 0 fully saturated rings. The number of hydrogen-bond acceptors (Lipinski definition) is 1. The van der Waals surface area contributed by atoms with Crippen LogP contribution in [0.5, 0.6) is 0 Å². The van der Waals surface area contributed by atoms with Crippen molar-refractivity contribution in [2.45, 2.75) is 46.0 Å². The minimum absolute atomic E-state index is 0.143. The van der Waals surface area contributed by atoms with Gasteiger partial charge in [-0.15, -0.1) is 0 Å². The van der Waals surface area contributed by atoms with Crippen molar-refractivity contribution in [3.8, 4) is 0 Å². The first-order valence-electron chi connectivity index (χ1n) is 5.98. The van der Waals surface area contributed by atoms with Crippen LogP contribution >= 0.6 is 0 Å². The van der Waals surface area contributed by atoms with Crippen LogP contribution in [-0.4, -0.2) is 20.1 Å². The zero-order chi connectivity index (χ0) is 12.2. The molecule has 0 bridgehead atoms. The van der Waals surface area contributed by atoms with Crippen LogP contribution in [0.4, 0.5) is 8.78 Å². The van der Waals surface area contributed by atoms with Crippen molar-refractivity contribution in [2.75, 3.05) is 13.7 Å². The molecule has 0 spiro atoms. The summed E-state index contributed by atoms with van der Waals surface area (Å²) in [5, 5.41) is 0. The molecular formula is C13H22F2O. The van der Waals surface area contributed by atoms with E-state index in [2.05, 4.69) is 13.0 Å². The van der Waals surface area contributed by atoms with Crippen LogP contribution in [-0.2, 0) is 4.74 Å². The molecule has 0 radical (unpaired) electrons. The summed E-state index contributed by atoms with van der Waals surface area (Å²) in [6, 6.07) is 0. The van der Waals surface area contributed by atoms with Gasteiger partial charge in [-0.3, -0.25) is 0 Å². The van der Waals surface area contributed by atoms with Gasteiger partial charge in [-0.05, 0) is 32.6 Å². The van der Waals surface area contributed by atoms with Crippen molar-refractivity contribution in [3.05, 3.63) is 11.6 Å². The van der Waals surface area contributed by atoms with Crippen LogP contribution < -0.4 is 0 Å². The SMILES string of the molecule is CC[C@H](C[C@]1(COC)C=C(C)CC1)C(F)F. The first-order valence-corrected chi connectivity index (χ1v) is 5.98. The summed E-state index contributed by atoms with van der Waals surface area (Å²) in [6.07, 6.45) is 3.00. The lowest BCUT2D eigenvalue weighted by molar-refractivity contribution is 0.0265. The maximum absolute atomic E-state index is 12.8. The Hall–Kier alpha value is -0.440. The van der Waals surface area contributed by atoms with Crippen molar-refractivity contribution in [2.24, 2.45) is 11.3 Å². The van der Waals surface area contributed by atoms with E-state index in [1.54, 1.807) is 7.11 Å². The lowest BCUT2D eigenvalue weighted by atomic mass is 9.78. The van der Waals surface area contributed by atoms with Gasteiger partial charge in [0.2, 0.25) is 6.43 Å². The zero-order valence-electron chi connectivity index (χ0n) is 10.4. The number of methoxy groups -OCH3 is 1. The molecule has 16 heavy (non-hydrogen) atoms. The number of hydrogen-bond donors (Lipinski definition) is 0. The third-order valence-electron chi connectivity index (χ3n) is 3.55. The van der Waals surface area contributed by atoms with Crippen LogP contribution in [0.15, 0.2) is 11.6 Å². The van der Waals surface area contributed by atoms with Gasteiger partial charge >= 0.3 is 0 Å². The second-order valence-corrected chi connectivity index (χ2v) is 4.99. The van der Waals surface area contributed by atoms with Crippen molar-refractivity contribution in [1.29, 1.82) is 0 Å². The minimum Gasteiger partial charge on any atom is -0.384 e. The van der Waals surface area contributed by atoms with E-state index in [1.165, 1.54) is 5.57 Å². The first kappa shape index (κ1) is 13.6. The predicted octanol–water partition coefficient (Wildman–Crippen LogP) is 4.04. The fourth-order valence-corrected chi connectivity index (χ4v) is 2.67. The Morgan fingerprint density at radius 3 is 2.56 bits per heavy atom. The minimum atomic E-state index is -2.21. The van der Waals surface area contributed by atoms with Gasteiger partial charge in [0.05, 0.1) is 6.61 Å². The topological polar surface area (TPSA) is 9.23 Å². The smallest absolute Gasteiger partial charge is 0.241 e. The third-order valence-corrected chi connectivity index (χ3v) is 3.55. The molecule has 94 valence electrons. The highest BCUT2D eigenvalue weighted by Crippen LogP contribution is 2.43. The van der Waals surface area contributed by atoms with Crippen molar-refractivity contribution in [3.63, 3.8) is 0 Å². The van der Waals surface area contributed by atoms with E-state index in [0.717, 1.165) is 12.8 Å². The van der Waals surface area contributed by atoms with Gasteiger partial charge in [0.1, 0.15) is 0 Å². The van der Waals surface area contributed by atoms with Crippen molar-refractivity contribution < 1.29 is 13.5 Å². The van der Waals surface area contributed by atoms with E-state index >= 15 is 0 Å². The largest absolute Gasteiger partial charge is 0.384 e. The number of halogens is 2. The molecule has 1 nitrogen and oxygen atoms in total. The van der Waals surface area contributed by atoms with E-state index in [-0.39, 0.29) is 5.41 Å². The Bertz CT molecular complexity index is 250. The number of ether oxygens (including phenoxy) is 1. The van der Waals surface area contributed by atoms with E-state index in [1.807, 2.05) is 6.92 Å². The van der Waals surface area contributed by atoms with Crippen LogP contribution in [0.3, 0.4) is 0 Å². The Morgan fingerprint density at radius 2 is 2.19 bits per heavy atom. The molecule has 1 aliphatic rings. The van der Waals surface area contributed by atoms with Crippen LogP contribution in [0.1, 0.15) is 39.5 Å². The molecule has 0 aromatic rings. The van der Waals surface area contributed by atoms with E-state index < -0.39 is 12.3 Å². The molecular weight excluding hydrogens is 210 g/mol. The summed E-state index contributed by atoms with van der Waals surface area (Å²) >= 11 is 0. The maximum Gasteiger partial charge on any atom is 0.241 e. The van der Waals surface area contributed by atoms with E-state index in [0.29, 0.717) is 19.4 Å². The molecule has 1 rings (SSSR count). The summed E-state index contributed by atoms with van der Waals surface area (Å²) in [5.41, 5.74) is 1.16. The van der Waals surface area contributed by atoms with Gasteiger partial charge in [0.25, 0.3) is 0 Å². The van der Waals surface area contributed by atoms with E-state index in [4.69, 9.17) is 4.74 Å². The normalized spacial score (nSPS) is 27.2. The van der Waals surface area contributed by atoms with Crippen LogP contribution in [0.25, 0.3) is 0 Å². The monoisotopic (exact) mass is 232 g/mol. The van der Waals surface area contributed by atoms with Gasteiger partial charge < -0.3 is 4.74 Å². The molecule has 2 atom stereocenters. The highest BCUT2D eigenvalue weighted by atomic mass is 19.3. The van der Waals surface area contributed by atoms with Gasteiger partial charge in [0.15, 0.2) is 0 Å². The highest BCUT2D eigenvalue weighted by molar-refractivity contribution is 5.15. The second-order valence-electron chi connectivity index (χ2n) is 4.99. The lowest BCUT2D eigenvalue weighted by Gasteiger charge is -2.30. The molecule has 0 amide bonds. The van der Waals surface area contributed by atoms with Gasteiger partial charge in [-0.2, -0.15) is 0 Å². The molecule has 0 aromatic carbocycles. The molecule has 0 saturated carbocycles. The molecule has 0 aliphatic heterocycles. The van der Waals surface area contributed by atoms with E-state index in [9.17, 15) is 8.78 Å². The summed E-state index contributed by atoms with van der Waals surface area (Å²) in [4.78, 5) is 0. The first-order chi connectivity index (χ1) is 7.53. The fraction of sp³-hybridized carbons (Fsp3) is 0.846. The fourth-order valence-electron chi connectivity index (χ4n) is 2.67. The Morgan fingerprint density at radius 1 is 1.50 bits per heavy atom. The molecule has 0 N–H and O–H groups in total. The maximum atomic E-state index is 12.8. The Labute approximate surface area is 96.9 Å². The van der Waals surface area contributed by atoms with Crippen molar-refractivity contribution >= 4 is 0 Å². The summed E-state index contributed by atoms with van der Waals surface area (Å²) < 4.78 is 30.8. The predicted molar refractivity (Wildman–Crippen MR) is 61.7 cm³/mol. The van der Waals surface area contributed by atoms with Crippen LogP contribution in [0, 0.1) is 11.3 Å². The van der Waals surface area contributed by atoms with Gasteiger partial charge in [-0.25, -0.2) is 8.78 Å². The van der Waals surface area contributed by atoms with Gasteiger partial charge in [0, 0.05) is 18.4 Å². The molecule has 0 unspecified atom stereocenters. The summed E-state index contributed by atoms with van der Waals surface area (Å²) in [5.74, 6) is -0.503. The Balaban J connectivity index is 2.71.